The Bertz CT molecular complexity index is 1090. The molecule has 2 heterocycles. The number of hydrogen-bond donors (Lipinski definition) is 1. The van der Waals surface area contributed by atoms with Crippen LogP contribution in [0.4, 0.5) is 0 Å². The first-order valence-electron chi connectivity index (χ1n) is 8.31. The Kier molecular flexibility index (Phi) is 4.13. The second kappa shape index (κ2) is 6.39. The second-order valence-electron chi connectivity index (χ2n) is 6.34. The summed E-state index contributed by atoms with van der Waals surface area (Å²) in [6, 6.07) is 12.4. The third-order valence-corrected chi connectivity index (χ3v) is 5.62. The van der Waals surface area contributed by atoms with E-state index in [0.717, 1.165) is 10.5 Å². The number of carbonyl (C=O) groups is 3. The van der Waals surface area contributed by atoms with Crippen LogP contribution in [0.5, 0.6) is 0 Å². The highest BCUT2D eigenvalue weighted by molar-refractivity contribution is 7.84. The Balaban J connectivity index is 1.72. The van der Waals surface area contributed by atoms with Crippen LogP contribution >= 0.6 is 0 Å². The predicted molar refractivity (Wildman–Crippen MR) is 98.4 cm³/mol. The Morgan fingerprint density at radius 3 is 1.93 bits per heavy atom. The minimum Gasteiger partial charge on any atom is -0.271 e. The molecule has 1 saturated heterocycles. The van der Waals surface area contributed by atoms with Crippen molar-refractivity contribution in [2.75, 3.05) is 0 Å². The number of amides is 3. The lowest BCUT2D eigenvalue weighted by atomic mass is 9.95. The van der Waals surface area contributed by atoms with E-state index in [1.54, 1.807) is 48.5 Å². The summed E-state index contributed by atoms with van der Waals surface area (Å²) < 4.78 is 32.9. The number of rotatable bonds is 4. The van der Waals surface area contributed by atoms with Gasteiger partial charge in [0, 0.05) is 0 Å². The van der Waals surface area contributed by atoms with E-state index >= 15 is 0 Å². The fourth-order valence-electron chi connectivity index (χ4n) is 3.42. The molecule has 0 aromatic heterocycles. The molecule has 0 aliphatic carbocycles. The van der Waals surface area contributed by atoms with Crippen LogP contribution in [0.1, 0.15) is 26.3 Å². The van der Waals surface area contributed by atoms with Crippen LogP contribution in [0.25, 0.3) is 6.08 Å². The standard InChI is InChI=1S/C19H14N2O6S/c22-17-13-8-4-5-9-14(13)18(23)20(17)16-15(21(19(16)24)28(25,26)27)11-10-12-6-2-1-3-7-12/h1-11,15-16H,(H,25,26,27)/t15-,16+/m0/s1. The molecule has 2 aromatic carbocycles. The first-order valence-corrected chi connectivity index (χ1v) is 9.71. The number of fused-ring (bicyclic) bond motifs is 1. The first kappa shape index (κ1) is 18.1. The second-order valence-corrected chi connectivity index (χ2v) is 7.63. The quantitative estimate of drug-likeness (QED) is 0.473. The summed E-state index contributed by atoms with van der Waals surface area (Å²) in [5.41, 5.74) is 1.02. The zero-order chi connectivity index (χ0) is 20.1. The lowest BCUT2D eigenvalue weighted by molar-refractivity contribution is -0.143. The molecule has 2 aliphatic rings. The van der Waals surface area contributed by atoms with Crippen LogP contribution in [0.3, 0.4) is 0 Å². The summed E-state index contributed by atoms with van der Waals surface area (Å²) >= 11 is 0. The molecule has 0 bridgehead atoms. The van der Waals surface area contributed by atoms with Gasteiger partial charge in [0.2, 0.25) is 0 Å². The lowest BCUT2D eigenvalue weighted by Gasteiger charge is -2.45. The van der Waals surface area contributed by atoms with Gasteiger partial charge in [-0.3, -0.25) is 23.8 Å². The third-order valence-electron chi connectivity index (χ3n) is 4.70. The molecular formula is C19H14N2O6S. The smallest absolute Gasteiger partial charge is 0.271 e. The molecule has 2 atom stereocenters. The van der Waals surface area contributed by atoms with Gasteiger partial charge in [0.1, 0.15) is 6.04 Å². The van der Waals surface area contributed by atoms with Gasteiger partial charge in [-0.2, -0.15) is 8.42 Å². The highest BCUT2D eigenvalue weighted by Gasteiger charge is 2.59. The molecule has 142 valence electrons. The number of benzene rings is 2. The Morgan fingerprint density at radius 2 is 1.39 bits per heavy atom. The molecule has 0 saturated carbocycles. The van der Waals surface area contributed by atoms with Crippen molar-refractivity contribution >= 4 is 34.1 Å². The summed E-state index contributed by atoms with van der Waals surface area (Å²) in [5, 5.41) is 0. The molecule has 3 amide bonds. The van der Waals surface area contributed by atoms with Gasteiger partial charge in [-0.1, -0.05) is 54.6 Å². The van der Waals surface area contributed by atoms with Gasteiger partial charge in [-0.05, 0) is 17.7 Å². The van der Waals surface area contributed by atoms with Crippen LogP contribution in [-0.4, -0.2) is 52.0 Å². The average Bonchev–Trinajstić information content (AvgIpc) is 2.90. The van der Waals surface area contributed by atoms with Gasteiger partial charge < -0.3 is 0 Å². The zero-order valence-corrected chi connectivity index (χ0v) is 15.1. The predicted octanol–water partition coefficient (Wildman–Crippen LogP) is 1.38. The van der Waals surface area contributed by atoms with Gasteiger partial charge in [0.05, 0.1) is 17.2 Å². The normalized spacial score (nSPS) is 22.0. The lowest BCUT2D eigenvalue weighted by Crippen LogP contribution is -2.72. The maximum Gasteiger partial charge on any atom is 0.362 e. The summed E-state index contributed by atoms with van der Waals surface area (Å²) in [5.74, 6) is -2.39. The maximum absolute atomic E-state index is 12.7. The van der Waals surface area contributed by atoms with E-state index in [1.807, 2.05) is 0 Å². The molecule has 1 fully saturated rings. The number of β-lactam (4-membered cyclic amide) rings is 1. The topological polar surface area (TPSA) is 112 Å². The minimum atomic E-state index is -4.85. The summed E-state index contributed by atoms with van der Waals surface area (Å²) in [6.45, 7) is 0. The fourth-order valence-corrected chi connectivity index (χ4v) is 4.25. The van der Waals surface area contributed by atoms with E-state index in [2.05, 4.69) is 0 Å². The molecule has 9 heteroatoms. The monoisotopic (exact) mass is 398 g/mol. The van der Waals surface area contributed by atoms with Crippen LogP contribution in [0.2, 0.25) is 0 Å². The van der Waals surface area contributed by atoms with E-state index in [0.29, 0.717) is 0 Å². The van der Waals surface area contributed by atoms with Crippen LogP contribution in [0, 0.1) is 0 Å². The highest BCUT2D eigenvalue weighted by Crippen LogP contribution is 2.35. The Hall–Kier alpha value is -3.30. The highest BCUT2D eigenvalue weighted by atomic mass is 32.2. The molecule has 1 N–H and O–H groups in total. The molecule has 2 aromatic rings. The molecule has 4 rings (SSSR count). The number of nitrogens with zero attached hydrogens (tertiary/aromatic N) is 2. The van der Waals surface area contributed by atoms with Crippen molar-refractivity contribution in [1.82, 2.24) is 9.21 Å². The van der Waals surface area contributed by atoms with Crippen molar-refractivity contribution in [3.05, 3.63) is 77.4 Å². The molecule has 8 nitrogen and oxygen atoms in total. The maximum atomic E-state index is 12.7. The summed E-state index contributed by atoms with van der Waals surface area (Å²) in [6.07, 6.45) is 2.93. The van der Waals surface area contributed by atoms with Gasteiger partial charge in [-0.25, -0.2) is 4.31 Å². The summed E-state index contributed by atoms with van der Waals surface area (Å²) in [4.78, 5) is 38.5. The minimum absolute atomic E-state index is 0.149. The molecule has 0 unspecified atom stereocenters. The van der Waals surface area contributed by atoms with E-state index in [1.165, 1.54) is 18.2 Å². The first-order chi connectivity index (χ1) is 13.3. The number of hydrogen-bond acceptors (Lipinski definition) is 5. The van der Waals surface area contributed by atoms with Gasteiger partial charge in [0.15, 0.2) is 0 Å². The Labute approximate surface area is 160 Å². The van der Waals surface area contributed by atoms with Crippen LogP contribution in [-0.2, 0) is 15.1 Å². The van der Waals surface area contributed by atoms with Crippen molar-refractivity contribution in [2.45, 2.75) is 12.1 Å². The van der Waals surface area contributed by atoms with Gasteiger partial charge >= 0.3 is 10.3 Å². The Morgan fingerprint density at radius 1 is 0.857 bits per heavy atom. The van der Waals surface area contributed by atoms with E-state index in [9.17, 15) is 27.4 Å². The van der Waals surface area contributed by atoms with E-state index < -0.39 is 40.1 Å². The molecule has 0 spiro atoms. The van der Waals surface area contributed by atoms with Crippen molar-refractivity contribution in [2.24, 2.45) is 0 Å². The van der Waals surface area contributed by atoms with Crippen LogP contribution in [0.15, 0.2) is 60.7 Å². The third kappa shape index (κ3) is 2.72. The van der Waals surface area contributed by atoms with Crippen molar-refractivity contribution in [3.63, 3.8) is 0 Å². The molecular weight excluding hydrogens is 384 g/mol. The zero-order valence-electron chi connectivity index (χ0n) is 14.3. The molecule has 28 heavy (non-hydrogen) atoms. The number of carbonyl (C=O) groups excluding carboxylic acids is 3. The summed E-state index contributed by atoms with van der Waals surface area (Å²) in [7, 11) is -4.85. The molecule has 2 aliphatic heterocycles. The largest absolute Gasteiger partial charge is 0.362 e. The van der Waals surface area contributed by atoms with Gasteiger partial charge in [-0.15, -0.1) is 0 Å². The van der Waals surface area contributed by atoms with Gasteiger partial charge in [0.25, 0.3) is 17.7 Å². The van der Waals surface area contributed by atoms with Crippen molar-refractivity contribution < 1.29 is 27.4 Å². The van der Waals surface area contributed by atoms with Crippen molar-refractivity contribution in [1.29, 1.82) is 0 Å². The number of imide groups is 1. The molecule has 0 radical (unpaired) electrons. The van der Waals surface area contributed by atoms with E-state index in [4.69, 9.17) is 0 Å². The van der Waals surface area contributed by atoms with Crippen LogP contribution < -0.4 is 0 Å². The SMILES string of the molecule is O=C1c2ccccc2C(=O)N1[C@H]1C(=O)N(S(=O)(=O)O)[C@H]1C=Cc1ccccc1. The van der Waals surface area contributed by atoms with Crippen molar-refractivity contribution in [3.8, 4) is 0 Å². The fraction of sp³-hybridized carbons (Fsp3) is 0.105. The van der Waals surface area contributed by atoms with E-state index in [-0.39, 0.29) is 15.4 Å². The average molecular weight is 398 g/mol.